The summed E-state index contributed by atoms with van der Waals surface area (Å²) in [5, 5.41) is 0. The number of fused-ring (bicyclic) bond motifs is 1. The maximum atomic E-state index is 12.2. The number of ether oxygens (including phenoxy) is 1. The van der Waals surface area contributed by atoms with Gasteiger partial charge in [0, 0.05) is 19.1 Å². The van der Waals surface area contributed by atoms with Crippen molar-refractivity contribution in [2.75, 3.05) is 13.1 Å². The summed E-state index contributed by atoms with van der Waals surface area (Å²) in [4.78, 5) is 14.1. The third kappa shape index (κ3) is 2.52. The molecule has 1 fully saturated rings. The topological polar surface area (TPSA) is 55.6 Å². The molecule has 1 aliphatic heterocycles. The van der Waals surface area contributed by atoms with Gasteiger partial charge in [-0.25, -0.2) is 0 Å². The number of carbonyl (C=O) groups is 1. The quantitative estimate of drug-likeness (QED) is 0.917. The molecule has 2 atom stereocenters. The first-order chi connectivity index (χ1) is 9.65. The van der Waals surface area contributed by atoms with Crippen LogP contribution in [-0.4, -0.2) is 30.0 Å². The van der Waals surface area contributed by atoms with Crippen LogP contribution in [0, 0.1) is 0 Å². The van der Waals surface area contributed by atoms with Gasteiger partial charge in [-0.15, -0.1) is 0 Å². The fraction of sp³-hybridized carbons (Fsp3) is 0.562. The summed E-state index contributed by atoms with van der Waals surface area (Å²) in [6.45, 7) is 3.57. The van der Waals surface area contributed by atoms with Crippen LogP contribution in [0.2, 0.25) is 0 Å². The second kappa shape index (κ2) is 5.44. The molecule has 0 aromatic heterocycles. The van der Waals surface area contributed by atoms with Gasteiger partial charge >= 0.3 is 0 Å². The lowest BCUT2D eigenvalue weighted by Crippen LogP contribution is -2.38. The third-order valence-electron chi connectivity index (χ3n) is 4.32. The van der Waals surface area contributed by atoms with E-state index >= 15 is 0 Å². The Morgan fingerprint density at radius 1 is 1.40 bits per heavy atom. The van der Waals surface area contributed by atoms with Crippen LogP contribution in [0.3, 0.4) is 0 Å². The van der Waals surface area contributed by atoms with Crippen LogP contribution in [0.1, 0.15) is 43.4 Å². The van der Waals surface area contributed by atoms with Crippen molar-refractivity contribution in [2.45, 2.75) is 44.8 Å². The molecule has 0 saturated carbocycles. The SMILES string of the molecule is CC(Oc1ccc2c(c1)CCC2N)C(=O)N1CCCC1. The molecular weight excluding hydrogens is 252 g/mol. The summed E-state index contributed by atoms with van der Waals surface area (Å²) in [6.07, 6.45) is 3.80. The van der Waals surface area contributed by atoms with Crippen molar-refractivity contribution in [1.82, 2.24) is 4.90 Å². The largest absolute Gasteiger partial charge is 0.481 e. The predicted molar refractivity (Wildman–Crippen MR) is 77.6 cm³/mol. The van der Waals surface area contributed by atoms with Gasteiger partial charge < -0.3 is 15.4 Å². The van der Waals surface area contributed by atoms with Crippen molar-refractivity contribution in [3.05, 3.63) is 29.3 Å². The Kier molecular flexibility index (Phi) is 3.66. The fourth-order valence-corrected chi connectivity index (χ4v) is 3.15. The lowest BCUT2D eigenvalue weighted by Gasteiger charge is -2.21. The zero-order valence-corrected chi connectivity index (χ0v) is 12.0. The Hall–Kier alpha value is -1.55. The number of nitrogens with zero attached hydrogens (tertiary/aromatic N) is 1. The molecule has 108 valence electrons. The first-order valence-electron chi connectivity index (χ1n) is 7.49. The summed E-state index contributed by atoms with van der Waals surface area (Å²) in [5.41, 5.74) is 8.51. The van der Waals surface area contributed by atoms with Crippen LogP contribution in [0.25, 0.3) is 0 Å². The number of rotatable bonds is 3. The molecule has 2 unspecified atom stereocenters. The zero-order valence-electron chi connectivity index (χ0n) is 12.0. The molecule has 4 nitrogen and oxygen atoms in total. The van der Waals surface area contributed by atoms with E-state index in [0.717, 1.165) is 44.5 Å². The number of benzene rings is 1. The summed E-state index contributed by atoms with van der Waals surface area (Å²) < 4.78 is 5.82. The van der Waals surface area contributed by atoms with Gasteiger partial charge in [0.2, 0.25) is 0 Å². The molecule has 4 heteroatoms. The van der Waals surface area contributed by atoms with Gasteiger partial charge in [-0.05, 0) is 55.9 Å². The normalized spacial score (nSPS) is 22.7. The highest BCUT2D eigenvalue weighted by atomic mass is 16.5. The summed E-state index contributed by atoms with van der Waals surface area (Å²) in [6, 6.07) is 6.16. The van der Waals surface area contributed by atoms with Gasteiger partial charge in [-0.3, -0.25) is 4.79 Å². The number of aryl methyl sites for hydroxylation is 1. The fourth-order valence-electron chi connectivity index (χ4n) is 3.15. The zero-order chi connectivity index (χ0) is 14.1. The molecule has 1 aromatic carbocycles. The van der Waals surface area contributed by atoms with Gasteiger partial charge in [-0.2, -0.15) is 0 Å². The van der Waals surface area contributed by atoms with Gasteiger partial charge in [-0.1, -0.05) is 6.07 Å². The van der Waals surface area contributed by atoms with E-state index in [4.69, 9.17) is 10.5 Å². The lowest BCUT2D eigenvalue weighted by atomic mass is 10.1. The van der Waals surface area contributed by atoms with Gasteiger partial charge in [0.1, 0.15) is 5.75 Å². The minimum Gasteiger partial charge on any atom is -0.481 e. The number of amides is 1. The average Bonchev–Trinajstić information content (AvgIpc) is 3.08. The van der Waals surface area contributed by atoms with Crippen molar-refractivity contribution in [1.29, 1.82) is 0 Å². The van der Waals surface area contributed by atoms with Crippen LogP contribution >= 0.6 is 0 Å². The van der Waals surface area contributed by atoms with Crippen LogP contribution in [-0.2, 0) is 11.2 Å². The van der Waals surface area contributed by atoms with E-state index in [-0.39, 0.29) is 11.9 Å². The monoisotopic (exact) mass is 274 g/mol. The van der Waals surface area contributed by atoms with Crippen molar-refractivity contribution < 1.29 is 9.53 Å². The van der Waals surface area contributed by atoms with Crippen molar-refractivity contribution >= 4 is 5.91 Å². The number of likely N-dealkylation sites (tertiary alicyclic amines) is 1. The average molecular weight is 274 g/mol. The third-order valence-corrected chi connectivity index (χ3v) is 4.32. The molecule has 0 bridgehead atoms. The number of nitrogens with two attached hydrogens (primary N) is 1. The molecule has 2 N–H and O–H groups in total. The molecule has 2 aliphatic rings. The van der Waals surface area contributed by atoms with Gasteiger partial charge in [0.05, 0.1) is 0 Å². The Morgan fingerprint density at radius 3 is 2.90 bits per heavy atom. The molecule has 1 aromatic rings. The Labute approximate surface area is 119 Å². The molecule has 20 heavy (non-hydrogen) atoms. The summed E-state index contributed by atoms with van der Waals surface area (Å²) in [7, 11) is 0. The molecule has 1 saturated heterocycles. The Balaban J connectivity index is 1.67. The van der Waals surface area contributed by atoms with Crippen LogP contribution in [0.5, 0.6) is 5.75 Å². The molecule has 3 rings (SSSR count). The molecule has 1 amide bonds. The molecular formula is C16H22N2O2. The maximum Gasteiger partial charge on any atom is 0.263 e. The Morgan fingerprint density at radius 2 is 2.15 bits per heavy atom. The van der Waals surface area contributed by atoms with Crippen LogP contribution < -0.4 is 10.5 Å². The predicted octanol–water partition coefficient (Wildman–Crippen LogP) is 2.02. The molecule has 1 aliphatic carbocycles. The number of hydrogen-bond donors (Lipinski definition) is 1. The summed E-state index contributed by atoms with van der Waals surface area (Å²) >= 11 is 0. The highest BCUT2D eigenvalue weighted by Gasteiger charge is 2.25. The smallest absolute Gasteiger partial charge is 0.263 e. The summed E-state index contributed by atoms with van der Waals surface area (Å²) in [5.74, 6) is 0.873. The molecule has 1 heterocycles. The standard InChI is InChI=1S/C16H22N2O2/c1-11(16(19)18-8-2-3-9-18)20-13-5-6-14-12(10-13)4-7-15(14)17/h5-6,10-11,15H,2-4,7-9,17H2,1H3. The molecule has 0 spiro atoms. The number of carbonyl (C=O) groups excluding carboxylic acids is 1. The minimum atomic E-state index is -0.416. The van der Waals surface area contributed by atoms with E-state index in [2.05, 4.69) is 0 Å². The van der Waals surface area contributed by atoms with Gasteiger partial charge in [0.15, 0.2) is 6.10 Å². The van der Waals surface area contributed by atoms with E-state index in [1.165, 1.54) is 11.1 Å². The first kappa shape index (κ1) is 13.4. The number of hydrogen-bond acceptors (Lipinski definition) is 3. The second-order valence-electron chi connectivity index (χ2n) is 5.80. The van der Waals surface area contributed by atoms with E-state index in [9.17, 15) is 4.79 Å². The van der Waals surface area contributed by atoms with Crippen molar-refractivity contribution in [2.24, 2.45) is 5.73 Å². The van der Waals surface area contributed by atoms with E-state index in [1.807, 2.05) is 30.0 Å². The highest BCUT2D eigenvalue weighted by molar-refractivity contribution is 5.81. The molecule has 0 radical (unpaired) electrons. The highest BCUT2D eigenvalue weighted by Crippen LogP contribution is 2.32. The maximum absolute atomic E-state index is 12.2. The van der Waals surface area contributed by atoms with E-state index in [0.29, 0.717) is 0 Å². The Bertz CT molecular complexity index is 509. The van der Waals surface area contributed by atoms with Crippen molar-refractivity contribution in [3.8, 4) is 5.75 Å². The van der Waals surface area contributed by atoms with E-state index in [1.54, 1.807) is 0 Å². The first-order valence-corrected chi connectivity index (χ1v) is 7.49. The van der Waals surface area contributed by atoms with Crippen molar-refractivity contribution in [3.63, 3.8) is 0 Å². The van der Waals surface area contributed by atoms with Gasteiger partial charge in [0.25, 0.3) is 5.91 Å². The minimum absolute atomic E-state index is 0.0969. The van der Waals surface area contributed by atoms with Crippen LogP contribution in [0.4, 0.5) is 0 Å². The second-order valence-corrected chi connectivity index (χ2v) is 5.80. The lowest BCUT2D eigenvalue weighted by molar-refractivity contribution is -0.136. The van der Waals surface area contributed by atoms with E-state index < -0.39 is 6.10 Å². The van der Waals surface area contributed by atoms with Crippen LogP contribution in [0.15, 0.2) is 18.2 Å².